The van der Waals surface area contributed by atoms with Crippen LogP contribution in [-0.2, 0) is 9.59 Å². The molecular formula is C13H22N2O2. The molecule has 96 valence electrons. The van der Waals surface area contributed by atoms with Crippen LogP contribution in [0.4, 0.5) is 0 Å². The van der Waals surface area contributed by atoms with Crippen LogP contribution in [0.25, 0.3) is 0 Å². The normalized spacial score (nSPS) is 40.0. The van der Waals surface area contributed by atoms with Crippen LogP contribution >= 0.6 is 0 Å². The van der Waals surface area contributed by atoms with Crippen LogP contribution in [0.5, 0.6) is 0 Å². The van der Waals surface area contributed by atoms with Gasteiger partial charge in [0.25, 0.3) is 0 Å². The number of carbonyl (C=O) groups excluding carboxylic acids is 2. The highest BCUT2D eigenvalue weighted by molar-refractivity contribution is 5.87. The zero-order valence-corrected chi connectivity index (χ0v) is 10.7. The second kappa shape index (κ2) is 4.31. The minimum absolute atomic E-state index is 0.0186. The monoisotopic (exact) mass is 238 g/mol. The molecule has 2 amide bonds. The Balaban J connectivity index is 1.89. The maximum Gasteiger partial charge on any atom is 0.236 e. The molecule has 3 atom stereocenters. The molecule has 2 aliphatic rings. The molecule has 2 aliphatic carbocycles. The SMILES string of the molecule is CC1CC(C)CC2(C1)CC2C(=O)NCC(N)=O. The van der Waals surface area contributed by atoms with Gasteiger partial charge in [-0.15, -0.1) is 0 Å². The van der Waals surface area contributed by atoms with Crippen molar-refractivity contribution in [2.45, 2.75) is 39.5 Å². The largest absolute Gasteiger partial charge is 0.368 e. The molecule has 2 rings (SSSR count). The van der Waals surface area contributed by atoms with Crippen LogP contribution in [0, 0.1) is 23.2 Å². The molecule has 3 N–H and O–H groups in total. The minimum Gasteiger partial charge on any atom is -0.368 e. The molecule has 0 aromatic carbocycles. The second-order valence-corrected chi connectivity index (χ2v) is 6.16. The Hall–Kier alpha value is -1.06. The van der Waals surface area contributed by atoms with E-state index < -0.39 is 5.91 Å². The maximum absolute atomic E-state index is 11.9. The Labute approximate surface area is 102 Å². The first-order valence-corrected chi connectivity index (χ1v) is 6.49. The highest BCUT2D eigenvalue weighted by Crippen LogP contribution is 2.63. The Bertz CT molecular complexity index is 330. The van der Waals surface area contributed by atoms with Gasteiger partial charge in [0, 0.05) is 5.92 Å². The Morgan fingerprint density at radius 2 is 1.82 bits per heavy atom. The van der Waals surface area contributed by atoms with E-state index in [0.717, 1.165) is 19.3 Å². The van der Waals surface area contributed by atoms with Crippen molar-refractivity contribution in [3.63, 3.8) is 0 Å². The number of nitrogens with one attached hydrogen (secondary N) is 1. The van der Waals surface area contributed by atoms with Crippen LogP contribution < -0.4 is 11.1 Å². The number of hydrogen-bond acceptors (Lipinski definition) is 2. The highest BCUT2D eigenvalue weighted by atomic mass is 16.2. The summed E-state index contributed by atoms with van der Waals surface area (Å²) in [4.78, 5) is 22.5. The number of hydrogen-bond donors (Lipinski definition) is 2. The van der Waals surface area contributed by atoms with Gasteiger partial charge in [0.05, 0.1) is 6.54 Å². The average Bonchev–Trinajstić information content (AvgIpc) is 2.86. The quantitative estimate of drug-likeness (QED) is 0.771. The molecule has 0 aromatic rings. The van der Waals surface area contributed by atoms with E-state index in [4.69, 9.17) is 5.73 Å². The molecule has 0 radical (unpaired) electrons. The van der Waals surface area contributed by atoms with Gasteiger partial charge in [-0.1, -0.05) is 13.8 Å². The van der Waals surface area contributed by atoms with Crippen LogP contribution in [0.2, 0.25) is 0 Å². The summed E-state index contributed by atoms with van der Waals surface area (Å²) in [5, 5.41) is 2.63. The van der Waals surface area contributed by atoms with E-state index in [1.807, 2.05) is 0 Å². The first-order valence-electron chi connectivity index (χ1n) is 6.49. The second-order valence-electron chi connectivity index (χ2n) is 6.16. The van der Waals surface area contributed by atoms with Crippen LogP contribution in [-0.4, -0.2) is 18.4 Å². The fraction of sp³-hybridized carbons (Fsp3) is 0.846. The van der Waals surface area contributed by atoms with E-state index in [1.165, 1.54) is 6.42 Å². The van der Waals surface area contributed by atoms with E-state index in [2.05, 4.69) is 19.2 Å². The van der Waals surface area contributed by atoms with E-state index in [0.29, 0.717) is 11.8 Å². The summed E-state index contributed by atoms with van der Waals surface area (Å²) >= 11 is 0. The molecule has 4 nitrogen and oxygen atoms in total. The van der Waals surface area contributed by atoms with Crippen molar-refractivity contribution >= 4 is 11.8 Å². The zero-order valence-electron chi connectivity index (χ0n) is 10.7. The predicted molar refractivity (Wildman–Crippen MR) is 64.9 cm³/mol. The number of primary amides is 1. The third-order valence-electron chi connectivity index (χ3n) is 4.26. The summed E-state index contributed by atoms with van der Waals surface area (Å²) in [6, 6.07) is 0. The molecule has 17 heavy (non-hydrogen) atoms. The van der Waals surface area contributed by atoms with Gasteiger partial charge in [0.1, 0.15) is 0 Å². The standard InChI is InChI=1S/C13H22N2O2/c1-8-3-9(2)5-13(4-8)6-10(13)12(17)15-7-11(14)16/h8-10H,3-7H2,1-2H3,(H2,14,16)(H,15,17). The smallest absolute Gasteiger partial charge is 0.236 e. The molecule has 4 heteroatoms. The lowest BCUT2D eigenvalue weighted by atomic mass is 9.73. The Morgan fingerprint density at radius 3 is 2.35 bits per heavy atom. The van der Waals surface area contributed by atoms with Crippen molar-refractivity contribution < 1.29 is 9.59 Å². The van der Waals surface area contributed by atoms with Gasteiger partial charge in [-0.05, 0) is 42.9 Å². The van der Waals surface area contributed by atoms with Crippen molar-refractivity contribution in [2.75, 3.05) is 6.54 Å². The lowest BCUT2D eigenvalue weighted by molar-refractivity contribution is -0.126. The van der Waals surface area contributed by atoms with Crippen molar-refractivity contribution in [3.8, 4) is 0 Å². The molecule has 3 unspecified atom stereocenters. The predicted octanol–water partition coefficient (Wildman–Crippen LogP) is 1.05. The number of nitrogens with two attached hydrogens (primary N) is 1. The van der Waals surface area contributed by atoms with Crippen LogP contribution in [0.3, 0.4) is 0 Å². The molecule has 0 saturated heterocycles. The summed E-state index contributed by atoms with van der Waals surface area (Å²) in [5.74, 6) is 1.09. The first kappa shape index (κ1) is 12.4. The third kappa shape index (κ3) is 2.61. The van der Waals surface area contributed by atoms with Gasteiger partial charge in [-0.3, -0.25) is 9.59 Å². The van der Waals surface area contributed by atoms with Crippen molar-refractivity contribution in [3.05, 3.63) is 0 Å². The van der Waals surface area contributed by atoms with Crippen molar-refractivity contribution in [1.82, 2.24) is 5.32 Å². The topological polar surface area (TPSA) is 72.2 Å². The molecular weight excluding hydrogens is 216 g/mol. The molecule has 2 fully saturated rings. The van der Waals surface area contributed by atoms with E-state index in [-0.39, 0.29) is 23.8 Å². The minimum atomic E-state index is -0.474. The Kier molecular flexibility index (Phi) is 3.15. The fourth-order valence-corrected chi connectivity index (χ4v) is 3.79. The van der Waals surface area contributed by atoms with E-state index in [9.17, 15) is 9.59 Å². The average molecular weight is 238 g/mol. The van der Waals surface area contributed by atoms with E-state index in [1.54, 1.807) is 0 Å². The maximum atomic E-state index is 11.9. The lowest BCUT2D eigenvalue weighted by Gasteiger charge is -2.32. The van der Waals surface area contributed by atoms with Crippen molar-refractivity contribution in [1.29, 1.82) is 0 Å². The lowest BCUT2D eigenvalue weighted by Crippen LogP contribution is -2.36. The van der Waals surface area contributed by atoms with Crippen molar-refractivity contribution in [2.24, 2.45) is 28.9 Å². The molecule has 1 spiro atoms. The van der Waals surface area contributed by atoms with Crippen LogP contribution in [0.15, 0.2) is 0 Å². The summed E-state index contributed by atoms with van der Waals surface area (Å²) in [5.41, 5.74) is 5.26. The van der Waals surface area contributed by atoms with Gasteiger partial charge < -0.3 is 11.1 Å². The highest BCUT2D eigenvalue weighted by Gasteiger charge is 2.59. The van der Waals surface area contributed by atoms with Gasteiger partial charge in [-0.25, -0.2) is 0 Å². The Morgan fingerprint density at radius 1 is 1.24 bits per heavy atom. The first-order chi connectivity index (χ1) is 7.93. The van der Waals surface area contributed by atoms with E-state index >= 15 is 0 Å². The molecule has 0 aromatic heterocycles. The van der Waals surface area contributed by atoms with Gasteiger partial charge in [0.15, 0.2) is 0 Å². The zero-order chi connectivity index (χ0) is 12.6. The molecule has 2 saturated carbocycles. The van der Waals surface area contributed by atoms with Gasteiger partial charge in [-0.2, -0.15) is 0 Å². The summed E-state index contributed by atoms with van der Waals surface area (Å²) in [7, 11) is 0. The third-order valence-corrected chi connectivity index (χ3v) is 4.26. The summed E-state index contributed by atoms with van der Waals surface area (Å²) in [6.07, 6.45) is 4.58. The molecule has 0 aliphatic heterocycles. The number of amides is 2. The molecule has 0 bridgehead atoms. The number of rotatable bonds is 3. The van der Waals surface area contributed by atoms with Crippen LogP contribution in [0.1, 0.15) is 39.5 Å². The fourth-order valence-electron chi connectivity index (χ4n) is 3.79. The van der Waals surface area contributed by atoms with Gasteiger partial charge >= 0.3 is 0 Å². The van der Waals surface area contributed by atoms with Gasteiger partial charge in [0.2, 0.25) is 11.8 Å². The summed E-state index contributed by atoms with van der Waals surface area (Å²) < 4.78 is 0. The molecule has 0 heterocycles. The number of carbonyl (C=O) groups is 2. The summed E-state index contributed by atoms with van der Waals surface area (Å²) in [6.45, 7) is 4.51.